The number of amides is 1. The first kappa shape index (κ1) is 22.7. The number of carbonyl (C=O) groups excluding carboxylic acids is 2. The number of nitrogens with one attached hydrogen (secondary N) is 2. The summed E-state index contributed by atoms with van der Waals surface area (Å²) in [5, 5.41) is 7.06. The minimum absolute atomic E-state index is 0.236. The Balaban J connectivity index is 1.23. The molecule has 0 spiro atoms. The third kappa shape index (κ3) is 6.04. The van der Waals surface area contributed by atoms with E-state index in [1.54, 1.807) is 30.3 Å². The van der Waals surface area contributed by atoms with Crippen LogP contribution in [-0.2, 0) is 4.74 Å². The quantitative estimate of drug-likeness (QED) is 0.359. The average molecular weight is 453 g/mol. The van der Waals surface area contributed by atoms with Crippen molar-refractivity contribution in [1.82, 2.24) is 10.6 Å². The molecule has 3 aromatic rings. The van der Waals surface area contributed by atoms with Crippen LogP contribution in [-0.4, -0.2) is 51.3 Å². The number of furan rings is 1. The molecule has 1 atom stereocenters. The summed E-state index contributed by atoms with van der Waals surface area (Å²) in [5.41, 5.74) is 1.08. The summed E-state index contributed by atoms with van der Waals surface area (Å²) in [5.74, 6) is 0.877. The number of hydrogen-bond donors (Lipinski definition) is 2. The van der Waals surface area contributed by atoms with Gasteiger partial charge in [-0.15, -0.1) is 0 Å². The molecule has 2 aromatic carbocycles. The van der Waals surface area contributed by atoms with Gasteiger partial charge >= 0.3 is 5.97 Å². The third-order valence-electron chi connectivity index (χ3n) is 5.54. The molecule has 0 radical (unpaired) electrons. The van der Waals surface area contributed by atoms with Crippen molar-refractivity contribution < 1.29 is 28.2 Å². The summed E-state index contributed by atoms with van der Waals surface area (Å²) in [6, 6.07) is 14.4. The Morgan fingerprint density at radius 2 is 1.85 bits per heavy atom. The van der Waals surface area contributed by atoms with Crippen molar-refractivity contribution >= 4 is 22.8 Å². The van der Waals surface area contributed by atoms with Crippen molar-refractivity contribution in [3.63, 3.8) is 0 Å². The summed E-state index contributed by atoms with van der Waals surface area (Å²) in [7, 11) is 1.33. The summed E-state index contributed by atoms with van der Waals surface area (Å²) < 4.78 is 21.8. The Kier molecular flexibility index (Phi) is 7.47. The Bertz CT molecular complexity index is 1090. The summed E-state index contributed by atoms with van der Waals surface area (Å²) in [6.07, 6.45) is 3.41. The molecule has 8 nitrogen and oxygen atoms in total. The second-order valence-corrected chi connectivity index (χ2v) is 7.86. The van der Waals surface area contributed by atoms with Crippen LogP contribution in [0.15, 0.2) is 52.9 Å². The lowest BCUT2D eigenvalue weighted by atomic mass is 10.2. The molecule has 1 unspecified atom stereocenters. The van der Waals surface area contributed by atoms with Gasteiger partial charge in [0.1, 0.15) is 23.7 Å². The molecular formula is C25H28N2O6. The highest BCUT2D eigenvalue weighted by molar-refractivity contribution is 5.96. The molecular weight excluding hydrogens is 424 g/mol. The largest absolute Gasteiger partial charge is 0.494 e. The van der Waals surface area contributed by atoms with Gasteiger partial charge in [0.15, 0.2) is 5.76 Å². The molecule has 33 heavy (non-hydrogen) atoms. The standard InChI is InChI=1S/C25H28N2O6/c1-30-25(29)17-4-6-20(7-5-17)32-14-12-27-24(28)23-16-18-15-21(8-9-22(18)33-23)31-13-10-19-3-2-11-26-19/h4-9,15-16,19,26H,2-3,10-14H2,1H3,(H,27,28). The molecule has 0 saturated carbocycles. The molecule has 0 bridgehead atoms. The van der Waals surface area contributed by atoms with E-state index < -0.39 is 5.97 Å². The van der Waals surface area contributed by atoms with Crippen molar-refractivity contribution in [1.29, 1.82) is 0 Å². The Hall–Kier alpha value is -3.52. The third-order valence-corrected chi connectivity index (χ3v) is 5.54. The van der Waals surface area contributed by atoms with E-state index in [1.807, 2.05) is 18.2 Å². The maximum atomic E-state index is 12.4. The SMILES string of the molecule is COC(=O)c1ccc(OCCNC(=O)c2cc3cc(OCCC4CCCN4)ccc3o2)cc1. The van der Waals surface area contributed by atoms with Crippen LogP contribution >= 0.6 is 0 Å². The first-order valence-electron chi connectivity index (χ1n) is 11.1. The number of benzene rings is 2. The topological polar surface area (TPSA) is 99.0 Å². The molecule has 1 amide bonds. The van der Waals surface area contributed by atoms with E-state index in [2.05, 4.69) is 15.4 Å². The molecule has 2 heterocycles. The summed E-state index contributed by atoms with van der Waals surface area (Å²) in [4.78, 5) is 23.9. The van der Waals surface area contributed by atoms with E-state index in [1.165, 1.54) is 20.0 Å². The highest BCUT2D eigenvalue weighted by atomic mass is 16.5. The fourth-order valence-corrected chi connectivity index (χ4v) is 3.77. The number of methoxy groups -OCH3 is 1. The molecule has 1 saturated heterocycles. The van der Waals surface area contributed by atoms with Gasteiger partial charge in [-0.05, 0) is 74.3 Å². The molecule has 1 aliphatic rings. The normalized spacial score (nSPS) is 15.4. The van der Waals surface area contributed by atoms with Crippen LogP contribution in [0.3, 0.4) is 0 Å². The fourth-order valence-electron chi connectivity index (χ4n) is 3.77. The van der Waals surface area contributed by atoms with Crippen molar-refractivity contribution in [2.24, 2.45) is 0 Å². The van der Waals surface area contributed by atoms with E-state index in [-0.39, 0.29) is 18.3 Å². The molecule has 8 heteroatoms. The van der Waals surface area contributed by atoms with Crippen LogP contribution in [0.2, 0.25) is 0 Å². The Labute approximate surface area is 192 Å². The first-order valence-corrected chi connectivity index (χ1v) is 11.1. The lowest BCUT2D eigenvalue weighted by molar-refractivity contribution is 0.0600. The van der Waals surface area contributed by atoms with Crippen LogP contribution in [0, 0.1) is 0 Å². The molecule has 1 fully saturated rings. The lowest BCUT2D eigenvalue weighted by Gasteiger charge is -2.11. The average Bonchev–Trinajstić information content (AvgIpc) is 3.51. The summed E-state index contributed by atoms with van der Waals surface area (Å²) >= 11 is 0. The maximum Gasteiger partial charge on any atom is 0.337 e. The highest BCUT2D eigenvalue weighted by Gasteiger charge is 2.15. The van der Waals surface area contributed by atoms with E-state index in [0.29, 0.717) is 36.1 Å². The number of carbonyl (C=O) groups is 2. The zero-order valence-electron chi connectivity index (χ0n) is 18.6. The van der Waals surface area contributed by atoms with Crippen LogP contribution < -0.4 is 20.1 Å². The fraction of sp³-hybridized carbons (Fsp3) is 0.360. The molecule has 0 aliphatic carbocycles. The van der Waals surface area contributed by atoms with Gasteiger partial charge in [-0.1, -0.05) is 0 Å². The number of hydrogen-bond acceptors (Lipinski definition) is 7. The number of fused-ring (bicyclic) bond motifs is 1. The van der Waals surface area contributed by atoms with Gasteiger partial charge in [-0.3, -0.25) is 4.79 Å². The van der Waals surface area contributed by atoms with E-state index in [9.17, 15) is 9.59 Å². The predicted molar refractivity (Wildman–Crippen MR) is 123 cm³/mol. The zero-order valence-corrected chi connectivity index (χ0v) is 18.6. The van der Waals surface area contributed by atoms with Gasteiger partial charge in [0.25, 0.3) is 5.91 Å². The molecule has 174 valence electrons. The molecule has 2 N–H and O–H groups in total. The van der Waals surface area contributed by atoms with Gasteiger partial charge in [0, 0.05) is 11.4 Å². The summed E-state index contributed by atoms with van der Waals surface area (Å²) in [6.45, 7) is 2.32. The zero-order chi connectivity index (χ0) is 23.0. The first-order chi connectivity index (χ1) is 16.1. The van der Waals surface area contributed by atoms with E-state index >= 15 is 0 Å². The van der Waals surface area contributed by atoms with Gasteiger partial charge in [-0.25, -0.2) is 4.79 Å². The van der Waals surface area contributed by atoms with Crippen LogP contribution in [0.4, 0.5) is 0 Å². The van der Waals surface area contributed by atoms with E-state index in [0.717, 1.165) is 24.1 Å². The smallest absolute Gasteiger partial charge is 0.337 e. The second kappa shape index (κ2) is 10.9. The van der Waals surface area contributed by atoms with Crippen molar-refractivity contribution in [3.05, 3.63) is 59.9 Å². The van der Waals surface area contributed by atoms with Gasteiger partial charge < -0.3 is 29.3 Å². The molecule has 1 aromatic heterocycles. The van der Waals surface area contributed by atoms with Gasteiger partial charge in [0.2, 0.25) is 0 Å². The second-order valence-electron chi connectivity index (χ2n) is 7.86. The van der Waals surface area contributed by atoms with E-state index in [4.69, 9.17) is 13.9 Å². The van der Waals surface area contributed by atoms with Crippen LogP contribution in [0.5, 0.6) is 11.5 Å². The Morgan fingerprint density at radius 1 is 1.06 bits per heavy atom. The highest BCUT2D eigenvalue weighted by Crippen LogP contribution is 2.25. The van der Waals surface area contributed by atoms with Crippen LogP contribution in [0.1, 0.15) is 40.2 Å². The predicted octanol–water partition coefficient (Wildman–Crippen LogP) is 3.55. The number of rotatable bonds is 10. The monoisotopic (exact) mass is 452 g/mol. The van der Waals surface area contributed by atoms with Gasteiger partial charge in [-0.2, -0.15) is 0 Å². The minimum atomic E-state index is -0.403. The minimum Gasteiger partial charge on any atom is -0.494 e. The number of ether oxygens (including phenoxy) is 3. The maximum absolute atomic E-state index is 12.4. The van der Waals surface area contributed by atoms with Gasteiger partial charge in [0.05, 0.1) is 25.8 Å². The van der Waals surface area contributed by atoms with Crippen molar-refractivity contribution in [2.75, 3.05) is 33.4 Å². The number of esters is 1. The van der Waals surface area contributed by atoms with Crippen molar-refractivity contribution in [2.45, 2.75) is 25.3 Å². The lowest BCUT2D eigenvalue weighted by Crippen LogP contribution is -2.27. The Morgan fingerprint density at radius 3 is 2.61 bits per heavy atom. The van der Waals surface area contributed by atoms with Crippen molar-refractivity contribution in [3.8, 4) is 11.5 Å². The molecule has 4 rings (SSSR count). The molecule has 1 aliphatic heterocycles. The van der Waals surface area contributed by atoms with Crippen LogP contribution in [0.25, 0.3) is 11.0 Å².